The number of aryl methyl sites for hydroxylation is 1. The molecule has 9 heteroatoms. The van der Waals surface area contributed by atoms with Crippen molar-refractivity contribution in [2.75, 3.05) is 41.7 Å². The van der Waals surface area contributed by atoms with Crippen molar-refractivity contribution in [3.05, 3.63) is 84.9 Å². The molecule has 36 heavy (non-hydrogen) atoms. The molecule has 0 saturated carbocycles. The van der Waals surface area contributed by atoms with Crippen LogP contribution >= 0.6 is 0 Å². The first kappa shape index (κ1) is 23.4. The van der Waals surface area contributed by atoms with Crippen LogP contribution in [0.5, 0.6) is 0 Å². The summed E-state index contributed by atoms with van der Waals surface area (Å²) in [5, 5.41) is 9.60. The average molecular weight is 481 g/mol. The number of anilines is 4. The number of carbonyl (C=O) groups is 1. The van der Waals surface area contributed by atoms with E-state index in [1.807, 2.05) is 48.5 Å². The molecule has 1 saturated heterocycles. The van der Waals surface area contributed by atoms with Crippen LogP contribution in [0.4, 0.5) is 23.1 Å². The van der Waals surface area contributed by atoms with E-state index < -0.39 is 0 Å². The average Bonchev–Trinajstić information content (AvgIpc) is 2.93. The summed E-state index contributed by atoms with van der Waals surface area (Å²) in [5.41, 5.74) is 3.43. The van der Waals surface area contributed by atoms with Crippen molar-refractivity contribution in [2.45, 2.75) is 12.8 Å². The van der Waals surface area contributed by atoms with Crippen molar-refractivity contribution in [3.8, 4) is 11.3 Å². The molecule has 1 fully saturated rings. The molecule has 0 spiro atoms. The number of benzene rings is 1. The Morgan fingerprint density at radius 2 is 1.81 bits per heavy atom. The number of pyridine rings is 2. The molecule has 0 bridgehead atoms. The third kappa shape index (κ3) is 6.19. The van der Waals surface area contributed by atoms with Gasteiger partial charge < -0.3 is 20.9 Å². The van der Waals surface area contributed by atoms with Gasteiger partial charge in [-0.05, 0) is 30.2 Å². The molecule has 0 unspecified atom stereocenters. The minimum Gasteiger partial charge on any atom is -0.354 e. The van der Waals surface area contributed by atoms with Crippen LogP contribution < -0.4 is 20.9 Å². The van der Waals surface area contributed by atoms with Crippen molar-refractivity contribution < 1.29 is 4.79 Å². The second-order valence-electron chi connectivity index (χ2n) is 8.52. The molecule has 1 amide bonds. The number of rotatable bonds is 8. The van der Waals surface area contributed by atoms with Crippen molar-refractivity contribution in [1.29, 1.82) is 0 Å². The van der Waals surface area contributed by atoms with Gasteiger partial charge in [0.25, 0.3) is 0 Å². The van der Waals surface area contributed by atoms with Gasteiger partial charge in [-0.3, -0.25) is 9.78 Å². The second-order valence-corrected chi connectivity index (χ2v) is 8.52. The molecule has 4 heterocycles. The van der Waals surface area contributed by atoms with E-state index in [-0.39, 0.29) is 5.91 Å². The fraction of sp³-hybridized carbons (Fsp3) is 0.222. The van der Waals surface area contributed by atoms with Gasteiger partial charge in [-0.15, -0.1) is 0 Å². The van der Waals surface area contributed by atoms with E-state index >= 15 is 0 Å². The van der Waals surface area contributed by atoms with E-state index in [2.05, 4.69) is 35.8 Å². The molecule has 9 nitrogen and oxygen atoms in total. The number of nitrogens with one attached hydrogen (secondary N) is 3. The Bertz CT molecular complexity index is 1290. The number of amides is 1. The highest BCUT2D eigenvalue weighted by Crippen LogP contribution is 2.27. The predicted octanol–water partition coefficient (Wildman–Crippen LogP) is 3.66. The minimum atomic E-state index is -0.0577. The predicted molar refractivity (Wildman–Crippen MR) is 141 cm³/mol. The van der Waals surface area contributed by atoms with Gasteiger partial charge in [0, 0.05) is 68.5 Å². The molecule has 4 aromatic rings. The lowest BCUT2D eigenvalue weighted by Gasteiger charge is -2.28. The lowest BCUT2D eigenvalue weighted by atomic mass is 10.1. The van der Waals surface area contributed by atoms with Crippen LogP contribution in [0.15, 0.2) is 79.4 Å². The maximum absolute atomic E-state index is 12.8. The SMILES string of the molecule is O=C(CCc1ccccc1)Nc1cc(Nc2cnccn2)nc(-c2ccnc(N3CCNCC3)c2)c1. The normalized spacial score (nSPS) is 13.3. The first-order valence-corrected chi connectivity index (χ1v) is 12.0. The molecule has 0 atom stereocenters. The van der Waals surface area contributed by atoms with Crippen LogP contribution in [0.1, 0.15) is 12.0 Å². The van der Waals surface area contributed by atoms with Crippen LogP contribution in [0, 0.1) is 0 Å². The Morgan fingerprint density at radius 3 is 2.61 bits per heavy atom. The van der Waals surface area contributed by atoms with Gasteiger partial charge in [-0.1, -0.05) is 30.3 Å². The Hall–Kier alpha value is -4.37. The monoisotopic (exact) mass is 480 g/mol. The molecule has 182 valence electrons. The number of hydrogen-bond acceptors (Lipinski definition) is 8. The van der Waals surface area contributed by atoms with Crippen LogP contribution in [0.25, 0.3) is 11.3 Å². The van der Waals surface area contributed by atoms with Gasteiger partial charge in [0.2, 0.25) is 5.91 Å². The van der Waals surface area contributed by atoms with Crippen molar-refractivity contribution in [1.82, 2.24) is 25.3 Å². The van der Waals surface area contributed by atoms with Gasteiger partial charge >= 0.3 is 0 Å². The van der Waals surface area contributed by atoms with E-state index in [1.165, 1.54) is 0 Å². The highest BCUT2D eigenvalue weighted by Gasteiger charge is 2.14. The Morgan fingerprint density at radius 1 is 0.944 bits per heavy atom. The lowest BCUT2D eigenvalue weighted by molar-refractivity contribution is -0.116. The Balaban J connectivity index is 1.40. The van der Waals surface area contributed by atoms with E-state index in [1.54, 1.807) is 30.9 Å². The summed E-state index contributed by atoms with van der Waals surface area (Å²) >= 11 is 0. The summed E-state index contributed by atoms with van der Waals surface area (Å²) in [6, 6.07) is 17.7. The van der Waals surface area contributed by atoms with Crippen molar-refractivity contribution in [3.63, 3.8) is 0 Å². The minimum absolute atomic E-state index is 0.0577. The quantitative estimate of drug-likeness (QED) is 0.351. The van der Waals surface area contributed by atoms with Gasteiger partial charge in [0.15, 0.2) is 0 Å². The topological polar surface area (TPSA) is 108 Å². The fourth-order valence-corrected chi connectivity index (χ4v) is 4.08. The Kier molecular flexibility index (Phi) is 7.38. The smallest absolute Gasteiger partial charge is 0.224 e. The second kappa shape index (κ2) is 11.4. The van der Waals surface area contributed by atoms with E-state index in [0.29, 0.717) is 30.2 Å². The standard InChI is InChI=1S/C27H28N8O/c36-27(7-6-20-4-2-1-3-5-20)32-22-17-23(33-24(18-22)34-25-19-29-10-11-30-25)21-8-9-31-26(16-21)35-14-12-28-13-15-35/h1-5,8-11,16-19,28H,6-7,12-15H2,(H2,30,32,33,34,36). The molecular formula is C27H28N8O. The molecule has 0 radical (unpaired) electrons. The summed E-state index contributed by atoms with van der Waals surface area (Å²) in [6.45, 7) is 3.67. The molecule has 3 aromatic heterocycles. The van der Waals surface area contributed by atoms with Crippen molar-refractivity contribution in [2.24, 2.45) is 0 Å². The van der Waals surface area contributed by atoms with Gasteiger partial charge in [-0.2, -0.15) is 0 Å². The number of nitrogens with zero attached hydrogens (tertiary/aromatic N) is 5. The molecule has 1 aromatic carbocycles. The zero-order chi connectivity index (χ0) is 24.6. The van der Waals surface area contributed by atoms with E-state index in [0.717, 1.165) is 48.8 Å². The molecule has 5 rings (SSSR count). The van der Waals surface area contributed by atoms with Gasteiger partial charge in [-0.25, -0.2) is 15.0 Å². The van der Waals surface area contributed by atoms with E-state index in [4.69, 9.17) is 4.98 Å². The summed E-state index contributed by atoms with van der Waals surface area (Å²) in [4.78, 5) is 32.8. The first-order valence-electron chi connectivity index (χ1n) is 12.0. The molecule has 0 aliphatic carbocycles. The summed E-state index contributed by atoms with van der Waals surface area (Å²) in [5.74, 6) is 1.99. The first-order chi connectivity index (χ1) is 17.7. The third-order valence-electron chi connectivity index (χ3n) is 5.89. The fourth-order valence-electron chi connectivity index (χ4n) is 4.08. The number of aromatic nitrogens is 4. The van der Waals surface area contributed by atoms with Crippen LogP contribution in [0.2, 0.25) is 0 Å². The van der Waals surface area contributed by atoms with Gasteiger partial charge in [0.05, 0.1) is 11.9 Å². The Labute approximate surface area is 210 Å². The van der Waals surface area contributed by atoms with E-state index in [9.17, 15) is 4.79 Å². The highest BCUT2D eigenvalue weighted by atomic mass is 16.1. The number of carbonyl (C=O) groups excluding carboxylic acids is 1. The van der Waals surface area contributed by atoms with Crippen molar-refractivity contribution >= 4 is 29.0 Å². The maximum atomic E-state index is 12.8. The molecule has 1 aliphatic rings. The lowest BCUT2D eigenvalue weighted by Crippen LogP contribution is -2.43. The summed E-state index contributed by atoms with van der Waals surface area (Å²) < 4.78 is 0. The summed E-state index contributed by atoms with van der Waals surface area (Å²) in [7, 11) is 0. The zero-order valence-electron chi connectivity index (χ0n) is 19.9. The molecule has 1 aliphatic heterocycles. The van der Waals surface area contributed by atoms with Crippen LogP contribution in [-0.4, -0.2) is 52.0 Å². The molecular weight excluding hydrogens is 452 g/mol. The maximum Gasteiger partial charge on any atom is 0.224 e. The van der Waals surface area contributed by atoms with Crippen LogP contribution in [-0.2, 0) is 11.2 Å². The van der Waals surface area contributed by atoms with Crippen LogP contribution in [0.3, 0.4) is 0 Å². The largest absolute Gasteiger partial charge is 0.354 e. The van der Waals surface area contributed by atoms with Gasteiger partial charge in [0.1, 0.15) is 17.5 Å². The highest BCUT2D eigenvalue weighted by molar-refractivity contribution is 5.92. The number of hydrogen-bond donors (Lipinski definition) is 3. The summed E-state index contributed by atoms with van der Waals surface area (Å²) in [6.07, 6.45) is 7.71. The number of piperazine rings is 1. The third-order valence-corrected chi connectivity index (χ3v) is 5.89. The molecule has 3 N–H and O–H groups in total. The zero-order valence-corrected chi connectivity index (χ0v) is 19.9.